The lowest BCUT2D eigenvalue weighted by Gasteiger charge is -2.25. The fraction of sp³-hybridized carbons (Fsp3) is 0.500. The molecule has 20 nitrogen and oxygen atoms in total. The summed E-state index contributed by atoms with van der Waals surface area (Å²) < 4.78 is 59.0. The van der Waals surface area contributed by atoms with Crippen molar-refractivity contribution in [2.45, 2.75) is 183 Å². The van der Waals surface area contributed by atoms with Crippen LogP contribution < -0.4 is 18.9 Å². The van der Waals surface area contributed by atoms with Crippen molar-refractivity contribution in [3.05, 3.63) is 141 Å². The minimum atomic E-state index is -0.857. The molecule has 0 atom stereocenters. The van der Waals surface area contributed by atoms with Gasteiger partial charge in [0.1, 0.15) is 88.7 Å². The number of hydrogen-bond donors (Lipinski definition) is 0. The first-order chi connectivity index (χ1) is 46.4. The molecule has 1 aliphatic rings. The van der Waals surface area contributed by atoms with Gasteiger partial charge in [-0.1, -0.05) is 92.2 Å². The van der Waals surface area contributed by atoms with Crippen LogP contribution in [-0.2, 0) is 82.9 Å². The summed E-state index contributed by atoms with van der Waals surface area (Å²) in [7, 11) is 0. The predicted octanol–water partition coefficient (Wildman–Crippen LogP) is 13.4. The molecule has 0 fully saturated rings. The minimum absolute atomic E-state index is 0.0551. The van der Waals surface area contributed by atoms with Gasteiger partial charge in [-0.15, -0.1) is 0 Å². The molecule has 0 spiro atoms. The number of unbranched alkanes of at least 4 members (excludes halogenated alkanes) is 8. The van der Waals surface area contributed by atoms with Crippen LogP contribution in [0.4, 0.5) is 0 Å². The lowest BCUT2D eigenvalue weighted by atomic mass is 9.86. The topological polar surface area (TPSA) is 263 Å². The smallest absolute Gasteiger partial charge is 0.330 e. The Labute approximate surface area is 564 Å². The summed E-state index contributed by atoms with van der Waals surface area (Å²) in [5, 5.41) is 0. The standard InChI is InChI=1S/C76H96O20/c1-9-17-21-25-63(77)51-37-55-45-56-38-52(64(78)26-22-18-10-2)40-58(74(56)94-34-30-90-68(82)14-6)47-60-42-54(66(80)28-24-20-12-4)44-62(76(60)96-36-32-92-72(86)50-70(84)88-16-8)48-61-43-53(65(79)27-23-19-11-3)41-59(46-57(39-51)73(55)93-33-29-89-67(81)13-5)75(61)95-35-31-91-71(85)49-69(83)87-15-7/h13-14,37-44H,5-6,9-12,15-36,45-50H2,1-4,7-8H3. The van der Waals surface area contributed by atoms with E-state index in [4.69, 9.17) is 47.4 Å². The van der Waals surface area contributed by atoms with E-state index >= 15 is 0 Å². The van der Waals surface area contributed by atoms with Crippen LogP contribution in [0, 0.1) is 0 Å². The summed E-state index contributed by atoms with van der Waals surface area (Å²) in [4.78, 5) is 135. The highest BCUT2D eigenvalue weighted by Gasteiger charge is 2.28. The molecule has 0 radical (unpaired) electrons. The van der Waals surface area contributed by atoms with Gasteiger partial charge in [0.25, 0.3) is 0 Å². The highest BCUT2D eigenvalue weighted by molar-refractivity contribution is 5.99. The van der Waals surface area contributed by atoms with Crippen molar-refractivity contribution < 1.29 is 95.3 Å². The first-order valence-corrected chi connectivity index (χ1v) is 33.9. The van der Waals surface area contributed by atoms with Crippen molar-refractivity contribution in [1.82, 2.24) is 0 Å². The van der Waals surface area contributed by atoms with E-state index in [-0.39, 0.29) is 164 Å². The molecule has 20 heteroatoms. The zero-order valence-electron chi connectivity index (χ0n) is 57.0. The van der Waals surface area contributed by atoms with E-state index in [0.717, 1.165) is 63.5 Å². The number of fused-ring (bicyclic) bond motifs is 8. The van der Waals surface area contributed by atoms with Crippen molar-refractivity contribution in [3.8, 4) is 23.0 Å². The number of hydrogen-bond acceptors (Lipinski definition) is 20. The van der Waals surface area contributed by atoms with E-state index in [1.54, 1.807) is 62.4 Å². The van der Waals surface area contributed by atoms with E-state index in [1.807, 2.05) is 27.7 Å². The second-order valence-corrected chi connectivity index (χ2v) is 23.3. The van der Waals surface area contributed by atoms with Gasteiger partial charge in [0, 0.05) is 85.8 Å². The van der Waals surface area contributed by atoms with Crippen LogP contribution >= 0.6 is 0 Å². The lowest BCUT2D eigenvalue weighted by Crippen LogP contribution is -2.18. The number of ketones is 4. The van der Waals surface area contributed by atoms with Crippen molar-refractivity contribution in [3.63, 3.8) is 0 Å². The summed E-state index contributed by atoms with van der Waals surface area (Å²) in [5.74, 6) is -4.37. The molecule has 4 aromatic carbocycles. The van der Waals surface area contributed by atoms with E-state index in [2.05, 4.69) is 13.2 Å². The number of rotatable bonds is 44. The number of benzene rings is 4. The average Bonchev–Trinajstić information content (AvgIpc) is 0.773. The zero-order chi connectivity index (χ0) is 69.8. The van der Waals surface area contributed by atoms with Crippen LogP contribution in [0.1, 0.15) is 243 Å². The normalized spacial score (nSPS) is 11.5. The molecule has 0 saturated carbocycles. The summed E-state index contributed by atoms with van der Waals surface area (Å²) in [5.41, 5.74) is 4.72. The van der Waals surface area contributed by atoms with Gasteiger partial charge < -0.3 is 47.4 Å². The third-order valence-corrected chi connectivity index (χ3v) is 15.7. The fourth-order valence-electron chi connectivity index (χ4n) is 11.0. The molecule has 1 aliphatic carbocycles. The maximum atomic E-state index is 14.8. The van der Waals surface area contributed by atoms with E-state index in [1.165, 1.54) is 0 Å². The third kappa shape index (κ3) is 25.7. The van der Waals surface area contributed by atoms with Crippen LogP contribution in [-0.4, -0.2) is 125 Å². The molecule has 5 rings (SSSR count). The molecule has 8 bridgehead atoms. The van der Waals surface area contributed by atoms with Crippen LogP contribution in [0.25, 0.3) is 0 Å². The summed E-state index contributed by atoms with van der Waals surface area (Å²) in [6.45, 7) is 16.5. The van der Waals surface area contributed by atoms with Gasteiger partial charge in [0.05, 0.1) is 13.2 Å². The van der Waals surface area contributed by atoms with Gasteiger partial charge in [-0.05, 0) is 133 Å². The second-order valence-electron chi connectivity index (χ2n) is 23.3. The first-order valence-electron chi connectivity index (χ1n) is 33.9. The lowest BCUT2D eigenvalue weighted by molar-refractivity contribution is -0.156. The SMILES string of the molecule is C=CC(=O)OCCOc1c2cc(C(=O)CCCCC)cc1Cc1cc(C(=O)CCCCC)cc(c1OCCOC(=O)CC(=O)OCC)Cc1cc(C(=O)CCCCC)cc(c1OCCOC(=O)CC(=O)OCC)Cc1cc(C(=O)CCCCC)cc(c1OCCOC(=O)C=C)C2. The molecule has 96 heavy (non-hydrogen) atoms. The number of carbonyl (C=O) groups is 10. The minimum Gasteiger partial charge on any atom is -0.489 e. The second kappa shape index (κ2) is 42.5. The Morgan fingerprint density at radius 2 is 0.531 bits per heavy atom. The van der Waals surface area contributed by atoms with Crippen LogP contribution in [0.3, 0.4) is 0 Å². The van der Waals surface area contributed by atoms with Crippen LogP contribution in [0.5, 0.6) is 23.0 Å². The molecular formula is C76H96O20. The maximum Gasteiger partial charge on any atom is 0.330 e. The Bertz CT molecular complexity index is 3140. The Morgan fingerprint density at radius 3 is 0.740 bits per heavy atom. The summed E-state index contributed by atoms with van der Waals surface area (Å²) >= 11 is 0. The Hall–Kier alpha value is -8.94. The van der Waals surface area contributed by atoms with Gasteiger partial charge in [-0.3, -0.25) is 38.4 Å². The van der Waals surface area contributed by atoms with Crippen molar-refractivity contribution >= 4 is 58.9 Å². The predicted molar refractivity (Wildman–Crippen MR) is 360 cm³/mol. The molecule has 0 amide bonds. The monoisotopic (exact) mass is 1330 g/mol. The number of Topliss-reactive ketones (excluding diaryl/α,β-unsaturated/α-hetero) is 4. The first kappa shape index (κ1) is 77.8. The molecule has 0 aromatic heterocycles. The molecule has 0 saturated heterocycles. The third-order valence-electron chi connectivity index (χ3n) is 15.7. The number of ether oxygens (including phenoxy) is 10. The summed E-state index contributed by atoms with van der Waals surface area (Å²) in [6, 6.07) is 13.8. The van der Waals surface area contributed by atoms with Crippen LogP contribution in [0.2, 0.25) is 0 Å². The quantitative estimate of drug-likeness (QED) is 0.00876. The van der Waals surface area contributed by atoms with Gasteiger partial charge >= 0.3 is 35.8 Å². The maximum absolute atomic E-state index is 14.8. The van der Waals surface area contributed by atoms with Gasteiger partial charge in [-0.2, -0.15) is 0 Å². The number of carbonyl (C=O) groups excluding carboxylic acids is 10. The average molecular weight is 1330 g/mol. The van der Waals surface area contributed by atoms with Crippen molar-refractivity contribution in [2.24, 2.45) is 0 Å². The van der Waals surface area contributed by atoms with E-state index < -0.39 is 48.7 Å². The number of esters is 6. The van der Waals surface area contributed by atoms with Gasteiger partial charge in [0.2, 0.25) is 0 Å². The van der Waals surface area contributed by atoms with Gasteiger partial charge in [-0.25, -0.2) is 9.59 Å². The Kier molecular flexibility index (Phi) is 34.4. The molecule has 0 N–H and O–H groups in total. The van der Waals surface area contributed by atoms with Crippen molar-refractivity contribution in [1.29, 1.82) is 0 Å². The Morgan fingerprint density at radius 1 is 0.312 bits per heavy atom. The van der Waals surface area contributed by atoms with Gasteiger partial charge in [0.15, 0.2) is 23.1 Å². The van der Waals surface area contributed by atoms with Crippen LogP contribution in [0.15, 0.2) is 73.8 Å². The molecule has 0 heterocycles. The molecule has 520 valence electrons. The summed E-state index contributed by atoms with van der Waals surface area (Å²) in [6.07, 6.45) is 10.0. The largest absolute Gasteiger partial charge is 0.489 e. The van der Waals surface area contributed by atoms with E-state index in [0.29, 0.717) is 92.4 Å². The zero-order valence-corrected chi connectivity index (χ0v) is 57.0. The Balaban J connectivity index is 2.00. The molecule has 4 aromatic rings. The fourth-order valence-corrected chi connectivity index (χ4v) is 11.0. The highest BCUT2D eigenvalue weighted by atomic mass is 16.6. The molecule has 0 aliphatic heterocycles. The van der Waals surface area contributed by atoms with Crippen molar-refractivity contribution in [2.75, 3.05) is 66.1 Å². The molecule has 0 unspecified atom stereocenters. The highest BCUT2D eigenvalue weighted by Crippen LogP contribution is 2.42. The molecular weight excluding hydrogens is 1230 g/mol. The van der Waals surface area contributed by atoms with E-state index in [9.17, 15) is 47.9 Å².